The molecule has 0 atom stereocenters. The highest BCUT2D eigenvalue weighted by atomic mass is 16.6. The van der Waals surface area contributed by atoms with E-state index in [0.29, 0.717) is 30.4 Å². The van der Waals surface area contributed by atoms with E-state index in [1.54, 1.807) is 6.92 Å². The van der Waals surface area contributed by atoms with Crippen molar-refractivity contribution in [1.29, 1.82) is 0 Å². The summed E-state index contributed by atoms with van der Waals surface area (Å²) in [6, 6.07) is 6.44. The number of rotatable bonds is 14. The van der Waals surface area contributed by atoms with Gasteiger partial charge in [-0.3, -0.25) is 0 Å². The molecule has 0 saturated heterocycles. The second-order valence-electron chi connectivity index (χ2n) is 11.4. The Bertz CT molecular complexity index is 857. The number of hydrogen-bond donors (Lipinski definition) is 1. The topological polar surface area (TPSA) is 55.8 Å². The molecule has 0 heterocycles. The van der Waals surface area contributed by atoms with Crippen molar-refractivity contribution in [2.45, 2.75) is 103 Å². The number of hydrogen-bond acceptors (Lipinski definition) is 4. The van der Waals surface area contributed by atoms with Crippen LogP contribution >= 0.6 is 0 Å². The van der Waals surface area contributed by atoms with Gasteiger partial charge in [0.1, 0.15) is 19.0 Å². The average Bonchev–Trinajstić information content (AvgIpc) is 2.92. The molecular weight excluding hydrogens is 460 g/mol. The molecule has 2 saturated carbocycles. The van der Waals surface area contributed by atoms with Gasteiger partial charge in [-0.25, -0.2) is 4.79 Å². The number of benzene rings is 1. The molecule has 0 amide bonds. The first-order valence-electron chi connectivity index (χ1n) is 14.9. The van der Waals surface area contributed by atoms with E-state index < -0.39 is 5.97 Å². The predicted molar refractivity (Wildman–Crippen MR) is 152 cm³/mol. The molecule has 2 fully saturated rings. The second kappa shape index (κ2) is 16.0. The number of carbonyl (C=O) groups excluding carboxylic acids is 1. The van der Waals surface area contributed by atoms with Crippen molar-refractivity contribution in [2.24, 2.45) is 17.8 Å². The molecule has 2 aliphatic carbocycles. The SMILES string of the molecule is C=C(C)C(=O)OCCOc1cc(C2CCC(/C=C/C3CCC(CCCCC)CC3)CC2)ccc1CCO. The van der Waals surface area contributed by atoms with Gasteiger partial charge in [0.05, 0.1) is 0 Å². The van der Waals surface area contributed by atoms with Crippen LogP contribution in [0, 0.1) is 17.8 Å². The van der Waals surface area contributed by atoms with E-state index in [-0.39, 0.29) is 13.2 Å². The maximum Gasteiger partial charge on any atom is 0.333 e. The van der Waals surface area contributed by atoms with Gasteiger partial charge >= 0.3 is 5.97 Å². The van der Waals surface area contributed by atoms with E-state index >= 15 is 0 Å². The van der Waals surface area contributed by atoms with Gasteiger partial charge in [-0.1, -0.05) is 63.5 Å². The minimum Gasteiger partial charge on any atom is -0.490 e. The summed E-state index contributed by atoms with van der Waals surface area (Å²) in [5, 5.41) is 9.46. The largest absolute Gasteiger partial charge is 0.490 e. The van der Waals surface area contributed by atoms with E-state index in [2.05, 4.69) is 43.9 Å². The van der Waals surface area contributed by atoms with E-state index in [1.807, 2.05) is 0 Å². The number of aliphatic hydroxyl groups is 1. The molecule has 206 valence electrons. The van der Waals surface area contributed by atoms with Gasteiger partial charge in [0.15, 0.2) is 0 Å². The lowest BCUT2D eigenvalue weighted by Crippen LogP contribution is -2.15. The average molecular weight is 511 g/mol. The summed E-state index contributed by atoms with van der Waals surface area (Å²) in [6.07, 6.45) is 21.8. The van der Waals surface area contributed by atoms with E-state index in [4.69, 9.17) is 9.47 Å². The van der Waals surface area contributed by atoms with Crippen LogP contribution in [0.15, 0.2) is 42.5 Å². The van der Waals surface area contributed by atoms with Gasteiger partial charge in [0.2, 0.25) is 0 Å². The van der Waals surface area contributed by atoms with Crippen molar-refractivity contribution in [3.63, 3.8) is 0 Å². The van der Waals surface area contributed by atoms with Crippen molar-refractivity contribution >= 4 is 5.97 Å². The Labute approximate surface area is 225 Å². The molecule has 0 aliphatic heterocycles. The van der Waals surface area contributed by atoms with Crippen LogP contribution in [0.2, 0.25) is 0 Å². The van der Waals surface area contributed by atoms with Crippen molar-refractivity contribution in [3.8, 4) is 5.75 Å². The van der Waals surface area contributed by atoms with Crippen LogP contribution < -0.4 is 4.74 Å². The first-order chi connectivity index (χ1) is 18.0. The maximum absolute atomic E-state index is 11.6. The first kappa shape index (κ1) is 29.5. The Morgan fingerprint density at radius 3 is 2.30 bits per heavy atom. The lowest BCUT2D eigenvalue weighted by Gasteiger charge is -2.29. The number of allylic oxidation sites excluding steroid dienone is 2. The third-order valence-electron chi connectivity index (χ3n) is 8.40. The Morgan fingerprint density at radius 2 is 1.68 bits per heavy atom. The van der Waals surface area contributed by atoms with Gasteiger partial charge < -0.3 is 14.6 Å². The zero-order chi connectivity index (χ0) is 26.5. The Hall–Kier alpha value is -2.07. The van der Waals surface area contributed by atoms with Crippen molar-refractivity contribution in [1.82, 2.24) is 0 Å². The molecule has 1 aromatic rings. The molecule has 0 spiro atoms. The smallest absolute Gasteiger partial charge is 0.333 e. The standard InChI is InChI=1S/C33H50O4/c1-4-5-6-7-26-8-10-27(11-9-26)12-13-28-14-16-29(17-15-28)31-19-18-30(20-21-34)32(24-31)36-22-23-37-33(35)25(2)3/h12-13,18-19,24,26-29,34H,2,4-11,14-17,20-23H2,1,3H3/b13-12+. The van der Waals surface area contributed by atoms with Crippen LogP contribution in [0.3, 0.4) is 0 Å². The Morgan fingerprint density at radius 1 is 1.00 bits per heavy atom. The lowest BCUT2D eigenvalue weighted by atomic mass is 9.76. The molecule has 2 aliphatic rings. The fourth-order valence-electron chi connectivity index (χ4n) is 6.01. The molecule has 1 N–H and O–H groups in total. The number of aliphatic hydroxyl groups excluding tert-OH is 1. The summed E-state index contributed by atoms with van der Waals surface area (Å²) in [4.78, 5) is 11.6. The van der Waals surface area contributed by atoms with Gasteiger partial charge in [0, 0.05) is 12.2 Å². The van der Waals surface area contributed by atoms with Crippen molar-refractivity contribution < 1.29 is 19.4 Å². The van der Waals surface area contributed by atoms with Gasteiger partial charge in [-0.2, -0.15) is 0 Å². The Kier molecular flexibility index (Phi) is 12.8. The highest BCUT2D eigenvalue weighted by Crippen LogP contribution is 2.39. The molecule has 3 rings (SSSR count). The zero-order valence-corrected chi connectivity index (χ0v) is 23.4. The molecule has 0 radical (unpaired) electrons. The highest BCUT2D eigenvalue weighted by Gasteiger charge is 2.23. The quantitative estimate of drug-likeness (QED) is 0.119. The number of ether oxygens (including phenoxy) is 2. The first-order valence-corrected chi connectivity index (χ1v) is 14.9. The minimum atomic E-state index is -0.395. The normalized spacial score (nSPS) is 24.2. The van der Waals surface area contributed by atoms with Crippen LogP contribution in [0.1, 0.15) is 108 Å². The van der Waals surface area contributed by atoms with Crippen molar-refractivity contribution in [3.05, 3.63) is 53.6 Å². The minimum absolute atomic E-state index is 0.0816. The number of esters is 1. The van der Waals surface area contributed by atoms with Gasteiger partial charge in [0.25, 0.3) is 0 Å². The zero-order valence-electron chi connectivity index (χ0n) is 23.4. The maximum atomic E-state index is 11.6. The number of carbonyl (C=O) groups is 1. The van der Waals surface area contributed by atoms with Crippen LogP contribution in [0.5, 0.6) is 5.75 Å². The fraction of sp³-hybridized carbons (Fsp3) is 0.667. The summed E-state index contributed by atoms with van der Waals surface area (Å²) in [6.45, 7) is 8.09. The summed E-state index contributed by atoms with van der Waals surface area (Å²) < 4.78 is 11.1. The summed E-state index contributed by atoms with van der Waals surface area (Å²) in [5.74, 6) is 3.45. The third-order valence-corrected chi connectivity index (χ3v) is 8.40. The lowest BCUT2D eigenvalue weighted by molar-refractivity contribution is -0.139. The summed E-state index contributed by atoms with van der Waals surface area (Å²) in [7, 11) is 0. The molecular formula is C33H50O4. The van der Waals surface area contributed by atoms with Crippen LogP contribution in [-0.4, -0.2) is 30.9 Å². The summed E-state index contributed by atoms with van der Waals surface area (Å²) >= 11 is 0. The molecule has 4 heteroatoms. The molecule has 0 aromatic heterocycles. The summed E-state index contributed by atoms with van der Waals surface area (Å²) in [5.41, 5.74) is 2.70. The van der Waals surface area contributed by atoms with E-state index in [0.717, 1.165) is 23.1 Å². The molecule has 0 unspecified atom stereocenters. The third kappa shape index (κ3) is 9.96. The van der Waals surface area contributed by atoms with Crippen LogP contribution in [0.25, 0.3) is 0 Å². The predicted octanol–water partition coefficient (Wildman–Crippen LogP) is 7.94. The van der Waals surface area contributed by atoms with Gasteiger partial charge in [-0.05, 0) is 106 Å². The second-order valence-corrected chi connectivity index (χ2v) is 11.4. The van der Waals surface area contributed by atoms with Crippen LogP contribution in [0.4, 0.5) is 0 Å². The van der Waals surface area contributed by atoms with Crippen molar-refractivity contribution in [2.75, 3.05) is 19.8 Å². The Balaban J connectivity index is 1.45. The molecule has 1 aromatic carbocycles. The fourth-order valence-corrected chi connectivity index (χ4v) is 6.01. The van der Waals surface area contributed by atoms with E-state index in [1.165, 1.54) is 82.6 Å². The van der Waals surface area contributed by atoms with E-state index in [9.17, 15) is 9.90 Å². The van der Waals surface area contributed by atoms with Gasteiger partial charge in [-0.15, -0.1) is 0 Å². The number of unbranched alkanes of at least 4 members (excludes halogenated alkanes) is 2. The molecule has 37 heavy (non-hydrogen) atoms. The highest BCUT2D eigenvalue weighted by molar-refractivity contribution is 5.86. The van der Waals surface area contributed by atoms with Crippen LogP contribution in [-0.2, 0) is 16.0 Å². The monoisotopic (exact) mass is 510 g/mol. The molecule has 4 nitrogen and oxygen atoms in total. The molecule has 0 bridgehead atoms.